The molecule has 0 heterocycles. The van der Waals surface area contributed by atoms with Crippen LogP contribution in [0.3, 0.4) is 0 Å². The monoisotopic (exact) mass is 438 g/mol. The fourth-order valence-corrected chi connectivity index (χ4v) is 4.87. The second-order valence-corrected chi connectivity index (χ2v) is 7.95. The van der Waals surface area contributed by atoms with Crippen LogP contribution < -0.4 is 0 Å². The predicted octanol–water partition coefficient (Wildman–Crippen LogP) is 6.94. The van der Waals surface area contributed by atoms with Gasteiger partial charge >= 0.3 is 32.7 Å². The van der Waals surface area contributed by atoms with E-state index in [-0.39, 0.29) is 32.7 Å². The van der Waals surface area contributed by atoms with Gasteiger partial charge < -0.3 is 20.3 Å². The molecule has 0 bridgehead atoms. The quantitative estimate of drug-likeness (QED) is 0.249. The van der Waals surface area contributed by atoms with E-state index in [2.05, 4.69) is 62.4 Å². The minimum absolute atomic E-state index is 0. The first-order valence-electron chi connectivity index (χ1n) is 10.2. The van der Waals surface area contributed by atoms with Gasteiger partial charge in [0, 0.05) is 0 Å². The van der Waals surface area contributed by atoms with Crippen LogP contribution in [-0.2, 0) is 45.6 Å². The van der Waals surface area contributed by atoms with E-state index >= 15 is 0 Å². The van der Waals surface area contributed by atoms with E-state index in [1.165, 1.54) is 47.1 Å². The molecule has 0 atom stereocenters. The van der Waals surface area contributed by atoms with Gasteiger partial charge in [0.25, 0.3) is 0 Å². The number of hydrogen-bond donors (Lipinski definition) is 0. The van der Waals surface area contributed by atoms with E-state index in [1.54, 1.807) is 22.3 Å². The Bertz CT molecular complexity index is 1010. The topological polar surface area (TPSA) is 0 Å². The van der Waals surface area contributed by atoms with Crippen LogP contribution in [0.4, 0.5) is 0 Å². The number of fused-ring (bicyclic) bond motifs is 7. The Kier molecular flexibility index (Phi) is 5.91. The van der Waals surface area contributed by atoms with Crippen molar-refractivity contribution in [2.75, 3.05) is 0 Å². The summed E-state index contributed by atoms with van der Waals surface area (Å²) in [5.41, 5.74) is 13.5. The molecule has 1 heteroatoms. The molecular formula is C27H25Y. The second kappa shape index (κ2) is 8.25. The molecule has 1 fully saturated rings. The summed E-state index contributed by atoms with van der Waals surface area (Å²) >= 11 is 0. The Labute approximate surface area is 194 Å². The number of benzene rings is 3. The van der Waals surface area contributed by atoms with E-state index in [9.17, 15) is 0 Å². The van der Waals surface area contributed by atoms with Crippen LogP contribution in [0.15, 0.2) is 48.5 Å². The van der Waals surface area contributed by atoms with Crippen molar-refractivity contribution < 1.29 is 32.7 Å². The van der Waals surface area contributed by atoms with Gasteiger partial charge in [-0.05, 0) is 70.5 Å². The molecular weight excluding hydrogens is 413 g/mol. The summed E-state index contributed by atoms with van der Waals surface area (Å²) in [7, 11) is 0. The van der Waals surface area contributed by atoms with Crippen LogP contribution in [0.1, 0.15) is 59.4 Å². The van der Waals surface area contributed by atoms with Crippen molar-refractivity contribution in [2.24, 2.45) is 0 Å². The second-order valence-electron chi connectivity index (χ2n) is 7.95. The summed E-state index contributed by atoms with van der Waals surface area (Å²) in [6, 6.07) is 21.6. The first kappa shape index (κ1) is 20.1. The third-order valence-electron chi connectivity index (χ3n) is 6.40. The Morgan fingerprint density at radius 3 is 2.07 bits per heavy atom. The van der Waals surface area contributed by atoms with E-state index in [4.69, 9.17) is 0 Å². The van der Waals surface area contributed by atoms with E-state index in [0.29, 0.717) is 0 Å². The number of hydrogen-bond acceptors (Lipinski definition) is 0. The maximum Gasteiger partial charge on any atom is 3.00 e. The Morgan fingerprint density at radius 2 is 1.43 bits per heavy atom. The summed E-state index contributed by atoms with van der Waals surface area (Å²) < 4.78 is 0. The van der Waals surface area contributed by atoms with Crippen LogP contribution in [-0.4, -0.2) is 0 Å². The molecule has 0 radical (unpaired) electrons. The van der Waals surface area contributed by atoms with Crippen molar-refractivity contribution >= 4 is 0 Å². The van der Waals surface area contributed by atoms with Crippen molar-refractivity contribution in [1.29, 1.82) is 0 Å². The molecule has 3 aromatic rings. The molecule has 3 aliphatic rings. The van der Waals surface area contributed by atoms with Crippen molar-refractivity contribution in [2.45, 2.75) is 44.4 Å². The van der Waals surface area contributed by atoms with Gasteiger partial charge in [0.05, 0.1) is 0 Å². The van der Waals surface area contributed by atoms with Crippen molar-refractivity contribution in [3.05, 3.63) is 96.3 Å². The summed E-state index contributed by atoms with van der Waals surface area (Å²) in [6.07, 6.45) is 7.12. The molecule has 0 unspecified atom stereocenters. The molecule has 0 nitrogen and oxygen atoms in total. The summed E-state index contributed by atoms with van der Waals surface area (Å²) in [6.45, 7) is 6.75. The third-order valence-corrected chi connectivity index (χ3v) is 6.40. The number of rotatable bonds is 1. The SMILES string of the molecule is [CH2-]C[CH2-].[Y+3].[c-]1ccc2c(c1)Cc1c-2ccc2c1Cc1cc(C3CCC3)ccc1-2. The van der Waals surface area contributed by atoms with Crippen LogP contribution in [0.25, 0.3) is 22.3 Å². The predicted molar refractivity (Wildman–Crippen MR) is 114 cm³/mol. The van der Waals surface area contributed by atoms with Crippen molar-refractivity contribution in [3.8, 4) is 22.3 Å². The Balaban J connectivity index is 0.000000454. The Hall–Kier alpha value is -1.24. The molecule has 28 heavy (non-hydrogen) atoms. The summed E-state index contributed by atoms with van der Waals surface area (Å²) in [4.78, 5) is 0. The fourth-order valence-electron chi connectivity index (χ4n) is 4.87. The van der Waals surface area contributed by atoms with Gasteiger partial charge in [0.2, 0.25) is 0 Å². The maximum absolute atomic E-state index is 3.38. The van der Waals surface area contributed by atoms with Gasteiger partial charge in [-0.3, -0.25) is 0 Å². The molecule has 0 N–H and O–H groups in total. The summed E-state index contributed by atoms with van der Waals surface area (Å²) in [5, 5.41) is 0. The standard InChI is InChI=1S/C24H19.C3H6.Y/c1-2-7-19-17(4-1)13-23-21(19)10-11-22-20-9-8-16(15-5-3-6-15)12-18(20)14-24(22)23;1-3-2;/h2,4,7-12,15H,3,5-6,13-14H2;1-3H2;/q-1;-2;+3. The molecule has 3 aliphatic carbocycles. The molecule has 6 rings (SSSR count). The average molecular weight is 438 g/mol. The van der Waals surface area contributed by atoms with Crippen molar-refractivity contribution in [1.82, 2.24) is 0 Å². The molecule has 3 aromatic carbocycles. The minimum Gasteiger partial charge on any atom is -0.372 e. The zero-order valence-electron chi connectivity index (χ0n) is 16.4. The summed E-state index contributed by atoms with van der Waals surface area (Å²) in [5.74, 6) is 0.824. The van der Waals surface area contributed by atoms with Gasteiger partial charge in [-0.1, -0.05) is 36.8 Å². The van der Waals surface area contributed by atoms with E-state index < -0.39 is 0 Å². The van der Waals surface area contributed by atoms with Crippen LogP contribution in [0, 0.1) is 19.9 Å². The first-order chi connectivity index (χ1) is 13.3. The van der Waals surface area contributed by atoms with Crippen LogP contribution in [0.5, 0.6) is 0 Å². The zero-order chi connectivity index (χ0) is 18.4. The first-order valence-corrected chi connectivity index (χ1v) is 10.2. The molecule has 0 aromatic heterocycles. The van der Waals surface area contributed by atoms with Gasteiger partial charge in [-0.15, -0.1) is 11.1 Å². The smallest absolute Gasteiger partial charge is 0.372 e. The third kappa shape index (κ3) is 3.23. The zero-order valence-corrected chi connectivity index (χ0v) is 19.3. The minimum atomic E-state index is 0. The molecule has 0 spiro atoms. The van der Waals surface area contributed by atoms with E-state index in [1.807, 2.05) is 6.07 Å². The normalized spacial score (nSPS) is 15.2. The molecule has 0 amide bonds. The molecule has 0 aliphatic heterocycles. The van der Waals surface area contributed by atoms with Gasteiger partial charge in [-0.25, -0.2) is 0 Å². The van der Waals surface area contributed by atoms with Crippen LogP contribution in [0.2, 0.25) is 0 Å². The van der Waals surface area contributed by atoms with E-state index in [0.717, 1.165) is 25.2 Å². The maximum atomic E-state index is 3.38. The van der Waals surface area contributed by atoms with Crippen molar-refractivity contribution in [3.63, 3.8) is 0 Å². The average Bonchev–Trinajstić information content (AvgIpc) is 3.18. The van der Waals surface area contributed by atoms with Gasteiger partial charge in [-0.2, -0.15) is 24.3 Å². The van der Waals surface area contributed by atoms with Gasteiger partial charge in [0.15, 0.2) is 0 Å². The van der Waals surface area contributed by atoms with Gasteiger partial charge in [0.1, 0.15) is 0 Å². The largest absolute Gasteiger partial charge is 3.00 e. The fraction of sp³-hybridized carbons (Fsp3) is 0.259. The molecule has 0 saturated heterocycles. The molecule has 1 saturated carbocycles. The Morgan fingerprint density at radius 1 is 0.821 bits per heavy atom. The van der Waals surface area contributed by atoms with Crippen LogP contribution >= 0.6 is 0 Å². The molecule has 136 valence electrons.